The standard InChI is InChI=1S/C15H25NO3/c1-5-16-14(7-6-10-17-2)13-9-8-12(18-3)11-15(13)19-4/h8-9,11,14,16H,5-7,10H2,1-4H3. The Kier molecular flexibility index (Phi) is 7.30. The largest absolute Gasteiger partial charge is 0.497 e. The molecule has 0 aliphatic rings. The van der Waals surface area contributed by atoms with Crippen molar-refractivity contribution in [3.63, 3.8) is 0 Å². The maximum Gasteiger partial charge on any atom is 0.127 e. The Morgan fingerprint density at radius 3 is 2.53 bits per heavy atom. The maximum absolute atomic E-state index is 5.47. The molecule has 0 spiro atoms. The van der Waals surface area contributed by atoms with Gasteiger partial charge in [0.1, 0.15) is 11.5 Å². The lowest BCUT2D eigenvalue weighted by Gasteiger charge is -2.21. The van der Waals surface area contributed by atoms with Crippen LogP contribution in [0.25, 0.3) is 0 Å². The first-order valence-corrected chi connectivity index (χ1v) is 6.71. The Morgan fingerprint density at radius 1 is 1.16 bits per heavy atom. The second-order valence-corrected chi connectivity index (χ2v) is 4.35. The lowest BCUT2D eigenvalue weighted by atomic mass is 10.0. The molecule has 19 heavy (non-hydrogen) atoms. The van der Waals surface area contributed by atoms with Gasteiger partial charge in [-0.05, 0) is 25.5 Å². The van der Waals surface area contributed by atoms with Crippen LogP contribution < -0.4 is 14.8 Å². The summed E-state index contributed by atoms with van der Waals surface area (Å²) in [6, 6.07) is 6.24. The quantitative estimate of drug-likeness (QED) is 0.698. The first-order chi connectivity index (χ1) is 9.26. The van der Waals surface area contributed by atoms with E-state index in [1.165, 1.54) is 5.56 Å². The molecule has 0 aromatic heterocycles. The molecule has 4 nitrogen and oxygen atoms in total. The summed E-state index contributed by atoms with van der Waals surface area (Å²) in [5.41, 5.74) is 1.17. The number of ether oxygens (including phenoxy) is 3. The van der Waals surface area contributed by atoms with Crippen molar-refractivity contribution in [1.82, 2.24) is 5.32 Å². The molecule has 0 aliphatic carbocycles. The van der Waals surface area contributed by atoms with Gasteiger partial charge in [0.2, 0.25) is 0 Å². The highest BCUT2D eigenvalue weighted by atomic mass is 16.5. The molecule has 1 rings (SSSR count). The summed E-state index contributed by atoms with van der Waals surface area (Å²) < 4.78 is 15.8. The number of rotatable bonds is 9. The number of nitrogens with one attached hydrogen (secondary N) is 1. The van der Waals surface area contributed by atoms with E-state index in [1.54, 1.807) is 21.3 Å². The highest BCUT2D eigenvalue weighted by molar-refractivity contribution is 5.42. The first kappa shape index (κ1) is 15.8. The molecular weight excluding hydrogens is 242 g/mol. The third-order valence-electron chi connectivity index (χ3n) is 3.11. The second kappa shape index (κ2) is 8.77. The van der Waals surface area contributed by atoms with Crippen LogP contribution in [0, 0.1) is 0 Å². The van der Waals surface area contributed by atoms with E-state index in [0.29, 0.717) is 0 Å². The molecule has 0 saturated heterocycles. The van der Waals surface area contributed by atoms with Crippen molar-refractivity contribution < 1.29 is 14.2 Å². The van der Waals surface area contributed by atoms with Crippen LogP contribution in [0.15, 0.2) is 18.2 Å². The minimum atomic E-state index is 0.279. The van der Waals surface area contributed by atoms with Crippen molar-refractivity contribution >= 4 is 0 Å². The Labute approximate surface area is 116 Å². The Hall–Kier alpha value is -1.26. The van der Waals surface area contributed by atoms with Gasteiger partial charge in [-0.25, -0.2) is 0 Å². The van der Waals surface area contributed by atoms with Gasteiger partial charge in [-0.15, -0.1) is 0 Å². The summed E-state index contributed by atoms with van der Waals surface area (Å²) in [5, 5.41) is 3.49. The van der Waals surface area contributed by atoms with Gasteiger partial charge in [0, 0.05) is 31.4 Å². The van der Waals surface area contributed by atoms with E-state index in [1.807, 2.05) is 12.1 Å². The van der Waals surface area contributed by atoms with Gasteiger partial charge in [0.25, 0.3) is 0 Å². The van der Waals surface area contributed by atoms with E-state index in [-0.39, 0.29) is 6.04 Å². The minimum Gasteiger partial charge on any atom is -0.497 e. The van der Waals surface area contributed by atoms with Crippen LogP contribution in [-0.4, -0.2) is 34.5 Å². The van der Waals surface area contributed by atoms with Crippen LogP contribution in [-0.2, 0) is 4.74 Å². The summed E-state index contributed by atoms with van der Waals surface area (Å²) in [6.45, 7) is 3.81. The molecule has 0 bridgehead atoms. The zero-order valence-corrected chi connectivity index (χ0v) is 12.4. The lowest BCUT2D eigenvalue weighted by Crippen LogP contribution is -2.21. The summed E-state index contributed by atoms with van der Waals surface area (Å²) in [6.07, 6.45) is 2.04. The third kappa shape index (κ3) is 4.73. The molecular formula is C15H25NO3. The number of hydrogen-bond acceptors (Lipinski definition) is 4. The van der Waals surface area contributed by atoms with Crippen molar-refractivity contribution in [2.24, 2.45) is 0 Å². The number of benzene rings is 1. The van der Waals surface area contributed by atoms with Crippen LogP contribution in [0.3, 0.4) is 0 Å². The first-order valence-electron chi connectivity index (χ1n) is 6.71. The SMILES string of the molecule is CCNC(CCCOC)c1ccc(OC)cc1OC. The van der Waals surface area contributed by atoms with E-state index in [2.05, 4.69) is 18.3 Å². The minimum absolute atomic E-state index is 0.279. The zero-order valence-electron chi connectivity index (χ0n) is 12.4. The number of hydrogen-bond donors (Lipinski definition) is 1. The average molecular weight is 267 g/mol. The zero-order chi connectivity index (χ0) is 14.1. The van der Waals surface area contributed by atoms with Crippen molar-refractivity contribution in [2.75, 3.05) is 34.5 Å². The fourth-order valence-corrected chi connectivity index (χ4v) is 2.15. The van der Waals surface area contributed by atoms with Crippen LogP contribution in [0.2, 0.25) is 0 Å². The summed E-state index contributed by atoms with van der Waals surface area (Å²) in [5.74, 6) is 1.68. The monoisotopic (exact) mass is 267 g/mol. The van der Waals surface area contributed by atoms with Gasteiger partial charge in [-0.3, -0.25) is 0 Å². The van der Waals surface area contributed by atoms with Crippen LogP contribution in [0.5, 0.6) is 11.5 Å². The van der Waals surface area contributed by atoms with E-state index < -0.39 is 0 Å². The highest BCUT2D eigenvalue weighted by Gasteiger charge is 2.15. The van der Waals surface area contributed by atoms with Gasteiger partial charge < -0.3 is 19.5 Å². The van der Waals surface area contributed by atoms with E-state index >= 15 is 0 Å². The summed E-state index contributed by atoms with van der Waals surface area (Å²) >= 11 is 0. The molecule has 1 N–H and O–H groups in total. The van der Waals surface area contributed by atoms with Crippen LogP contribution >= 0.6 is 0 Å². The molecule has 0 radical (unpaired) electrons. The molecule has 1 atom stereocenters. The fraction of sp³-hybridized carbons (Fsp3) is 0.600. The Balaban J connectivity index is 2.87. The number of methoxy groups -OCH3 is 3. The van der Waals surface area contributed by atoms with Crippen molar-refractivity contribution in [3.05, 3.63) is 23.8 Å². The van der Waals surface area contributed by atoms with Gasteiger partial charge >= 0.3 is 0 Å². The molecule has 1 aromatic rings. The van der Waals surface area contributed by atoms with E-state index in [0.717, 1.165) is 37.5 Å². The molecule has 4 heteroatoms. The summed E-state index contributed by atoms with van der Waals surface area (Å²) in [7, 11) is 5.08. The molecule has 1 unspecified atom stereocenters. The normalized spacial score (nSPS) is 12.2. The van der Waals surface area contributed by atoms with E-state index in [4.69, 9.17) is 14.2 Å². The Bertz CT molecular complexity index is 368. The topological polar surface area (TPSA) is 39.7 Å². The predicted molar refractivity (Wildman–Crippen MR) is 77.1 cm³/mol. The lowest BCUT2D eigenvalue weighted by molar-refractivity contribution is 0.188. The van der Waals surface area contributed by atoms with E-state index in [9.17, 15) is 0 Å². The molecule has 0 saturated carbocycles. The molecule has 0 fully saturated rings. The third-order valence-corrected chi connectivity index (χ3v) is 3.11. The van der Waals surface area contributed by atoms with Gasteiger partial charge in [-0.1, -0.05) is 13.0 Å². The average Bonchev–Trinajstić information content (AvgIpc) is 2.46. The van der Waals surface area contributed by atoms with Gasteiger partial charge in [0.15, 0.2) is 0 Å². The molecule has 0 heterocycles. The molecule has 108 valence electrons. The smallest absolute Gasteiger partial charge is 0.127 e. The van der Waals surface area contributed by atoms with Crippen molar-refractivity contribution in [2.45, 2.75) is 25.8 Å². The predicted octanol–water partition coefficient (Wildman–Crippen LogP) is 2.78. The highest BCUT2D eigenvalue weighted by Crippen LogP contribution is 2.31. The second-order valence-electron chi connectivity index (χ2n) is 4.35. The fourth-order valence-electron chi connectivity index (χ4n) is 2.15. The molecule has 0 aliphatic heterocycles. The van der Waals surface area contributed by atoms with Crippen molar-refractivity contribution in [1.29, 1.82) is 0 Å². The molecule has 0 amide bonds. The van der Waals surface area contributed by atoms with Crippen LogP contribution in [0.1, 0.15) is 31.4 Å². The van der Waals surface area contributed by atoms with Gasteiger partial charge in [0.05, 0.1) is 14.2 Å². The van der Waals surface area contributed by atoms with Crippen molar-refractivity contribution in [3.8, 4) is 11.5 Å². The van der Waals surface area contributed by atoms with Crippen LogP contribution in [0.4, 0.5) is 0 Å². The maximum atomic E-state index is 5.47. The van der Waals surface area contributed by atoms with Gasteiger partial charge in [-0.2, -0.15) is 0 Å². The Morgan fingerprint density at radius 2 is 1.95 bits per heavy atom. The summed E-state index contributed by atoms with van der Waals surface area (Å²) in [4.78, 5) is 0. The molecule has 1 aromatic carbocycles.